The molecule has 0 radical (unpaired) electrons. The topological polar surface area (TPSA) is 0 Å². The van der Waals surface area contributed by atoms with Crippen molar-refractivity contribution < 1.29 is 24.8 Å². The van der Waals surface area contributed by atoms with E-state index >= 15 is 0 Å². The second-order valence-corrected chi connectivity index (χ2v) is 16.4. The summed E-state index contributed by atoms with van der Waals surface area (Å²) in [7, 11) is 29.6. The van der Waals surface area contributed by atoms with Gasteiger partial charge in [-0.1, -0.05) is 0 Å². The second-order valence-electron chi connectivity index (χ2n) is 0.350. The van der Waals surface area contributed by atoms with E-state index in [0.29, 0.717) is 0 Å². The van der Waals surface area contributed by atoms with E-state index in [0.717, 1.165) is 0 Å². The molecular weight excluding hydrogens is 442 g/mol. The van der Waals surface area contributed by atoms with Gasteiger partial charge < -0.3 is 24.8 Å². The summed E-state index contributed by atoms with van der Waals surface area (Å²) in [4.78, 5) is 0. The number of halogens is 8. The predicted octanol–water partition coefficient (Wildman–Crippen LogP) is -2.62. The fourth-order valence-electron chi connectivity index (χ4n) is 0. The minimum atomic E-state index is -1.62. The third kappa shape index (κ3) is 108. The Kier molecular flexibility index (Phi) is 42.4. The van der Waals surface area contributed by atoms with Gasteiger partial charge in [0, 0.05) is 0 Å². The summed E-state index contributed by atoms with van der Waals surface area (Å²) in [6, 6.07) is 0. The standard InChI is InChI=1S/2Cl3Se.2ClH/c2*1-4(2)3;;/h;;2*1H/q2*+1;;/p-2. The first kappa shape index (κ1) is 23.3. The van der Waals surface area contributed by atoms with Crippen LogP contribution in [-0.4, -0.2) is 22.3 Å². The van der Waals surface area contributed by atoms with Gasteiger partial charge in [0.05, 0.1) is 0 Å². The molecule has 68 valence electrons. The molecule has 0 aromatic carbocycles. The molecule has 0 spiro atoms. The van der Waals surface area contributed by atoms with E-state index in [-0.39, 0.29) is 24.8 Å². The van der Waals surface area contributed by atoms with Crippen LogP contribution < -0.4 is 24.8 Å². The minimum absolute atomic E-state index is 0. The summed E-state index contributed by atoms with van der Waals surface area (Å²) in [5, 5.41) is 0. The minimum Gasteiger partial charge on any atom is -1.00 e. The molecular formula is Cl8Se2. The summed E-state index contributed by atoms with van der Waals surface area (Å²) in [5.41, 5.74) is 0. The smallest absolute Gasteiger partial charge is 1.00 e. The van der Waals surface area contributed by atoms with Gasteiger partial charge in [-0.3, -0.25) is 0 Å². The zero-order chi connectivity index (χ0) is 7.15. The van der Waals surface area contributed by atoms with Gasteiger partial charge in [-0.15, -0.1) is 0 Å². The van der Waals surface area contributed by atoms with Crippen molar-refractivity contribution in [2.24, 2.45) is 0 Å². The van der Waals surface area contributed by atoms with E-state index in [2.05, 4.69) is 0 Å². The van der Waals surface area contributed by atoms with Gasteiger partial charge in [0.25, 0.3) is 0 Å². The fourth-order valence-corrected chi connectivity index (χ4v) is 0. The van der Waals surface area contributed by atoms with E-state index in [1.165, 1.54) is 0 Å². The van der Waals surface area contributed by atoms with Crippen LogP contribution in [0.2, 0.25) is 0 Å². The van der Waals surface area contributed by atoms with Crippen LogP contribution in [0, 0.1) is 0 Å². The summed E-state index contributed by atoms with van der Waals surface area (Å²) in [6.07, 6.45) is 0. The van der Waals surface area contributed by atoms with Gasteiger partial charge >= 0.3 is 82.9 Å². The Hall–Kier alpha value is 3.36. The van der Waals surface area contributed by atoms with Crippen molar-refractivity contribution in [3.8, 4) is 0 Å². The SMILES string of the molecule is Cl[Se+](Cl)Cl.Cl[Se+](Cl)Cl.[Cl-].[Cl-]. The maximum atomic E-state index is 4.93. The van der Waals surface area contributed by atoms with E-state index in [9.17, 15) is 0 Å². The average Bonchev–Trinajstić information content (AvgIpc) is 1.25. The third-order valence-electron chi connectivity index (χ3n) is 0. The summed E-state index contributed by atoms with van der Waals surface area (Å²) in [5.74, 6) is 0. The second kappa shape index (κ2) is 18.2. The van der Waals surface area contributed by atoms with E-state index < -0.39 is 22.3 Å². The van der Waals surface area contributed by atoms with Crippen molar-refractivity contribution in [2.45, 2.75) is 0 Å². The van der Waals surface area contributed by atoms with Crippen LogP contribution in [0.15, 0.2) is 0 Å². The van der Waals surface area contributed by atoms with Crippen molar-refractivity contribution in [3.05, 3.63) is 0 Å². The van der Waals surface area contributed by atoms with Gasteiger partial charge in [-0.25, -0.2) is 0 Å². The van der Waals surface area contributed by atoms with Crippen molar-refractivity contribution in [1.29, 1.82) is 0 Å². The molecule has 0 rings (SSSR count). The molecule has 0 fully saturated rings. The van der Waals surface area contributed by atoms with E-state index in [1.807, 2.05) is 0 Å². The van der Waals surface area contributed by atoms with Crippen molar-refractivity contribution in [3.63, 3.8) is 0 Å². The van der Waals surface area contributed by atoms with Crippen LogP contribution in [0.4, 0.5) is 0 Å². The molecule has 0 unspecified atom stereocenters. The molecule has 0 heterocycles. The van der Waals surface area contributed by atoms with E-state index in [4.69, 9.17) is 60.6 Å². The van der Waals surface area contributed by atoms with Crippen LogP contribution >= 0.6 is 60.6 Å². The van der Waals surface area contributed by atoms with E-state index in [1.54, 1.807) is 0 Å². The zero-order valence-corrected chi connectivity index (χ0v) is 13.3. The van der Waals surface area contributed by atoms with Crippen molar-refractivity contribution in [2.75, 3.05) is 0 Å². The number of rotatable bonds is 0. The Morgan fingerprint density at radius 3 is 0.500 bits per heavy atom. The molecule has 0 N–H and O–H groups in total. The Morgan fingerprint density at radius 2 is 0.500 bits per heavy atom. The Labute approximate surface area is 106 Å². The quantitative estimate of drug-likeness (QED) is 0.362. The zero-order valence-electron chi connectivity index (χ0n) is 3.84. The number of hydrogen-bond donors (Lipinski definition) is 0. The first-order chi connectivity index (χ1) is 3.46. The third-order valence-corrected chi connectivity index (χ3v) is 0. The molecule has 0 aliphatic rings. The average molecular weight is 442 g/mol. The van der Waals surface area contributed by atoms with Gasteiger partial charge in [-0.05, 0) is 0 Å². The molecule has 0 aliphatic carbocycles. The Bertz CT molecular complexity index is 22.7. The summed E-state index contributed by atoms with van der Waals surface area (Å²) in [6.45, 7) is 0. The molecule has 0 nitrogen and oxygen atoms in total. The molecule has 0 amide bonds. The number of hydrogen-bond acceptors (Lipinski definition) is 0. The maximum Gasteiger partial charge on any atom is -1.00 e. The van der Waals surface area contributed by atoms with Crippen LogP contribution in [0.25, 0.3) is 0 Å². The van der Waals surface area contributed by atoms with Crippen LogP contribution in [0.3, 0.4) is 0 Å². The summed E-state index contributed by atoms with van der Waals surface area (Å²) >= 11 is -3.25. The van der Waals surface area contributed by atoms with Gasteiger partial charge in [0.1, 0.15) is 0 Å². The summed E-state index contributed by atoms with van der Waals surface area (Å²) < 4.78 is 0. The van der Waals surface area contributed by atoms with Gasteiger partial charge in [0.15, 0.2) is 0 Å². The predicted molar refractivity (Wildman–Crippen MR) is 46.6 cm³/mol. The molecule has 0 saturated carbocycles. The fraction of sp³-hybridized carbons (Fsp3) is 0. The Morgan fingerprint density at radius 1 is 0.500 bits per heavy atom. The maximum absolute atomic E-state index is 4.93. The van der Waals surface area contributed by atoms with Gasteiger partial charge in [0.2, 0.25) is 0 Å². The molecule has 0 aromatic rings. The monoisotopic (exact) mass is 440 g/mol. The largest absolute Gasteiger partial charge is 1.00 e. The molecule has 10 heteroatoms. The van der Waals surface area contributed by atoms with Crippen LogP contribution in [0.5, 0.6) is 0 Å². The van der Waals surface area contributed by atoms with Crippen LogP contribution in [0.1, 0.15) is 0 Å². The molecule has 0 aromatic heterocycles. The van der Waals surface area contributed by atoms with Crippen molar-refractivity contribution >= 4 is 82.9 Å². The molecule has 0 bridgehead atoms. The first-order valence-electron chi connectivity index (χ1n) is 0.926. The normalized spacial score (nSPS) is 7.20. The van der Waals surface area contributed by atoms with Crippen molar-refractivity contribution in [1.82, 2.24) is 0 Å². The van der Waals surface area contributed by atoms with Crippen LogP contribution in [-0.2, 0) is 0 Å². The molecule has 0 atom stereocenters. The molecule has 0 aliphatic heterocycles. The first-order valence-corrected chi connectivity index (χ1v) is 14.4. The molecule has 0 saturated heterocycles. The molecule has 10 heavy (non-hydrogen) atoms. The Balaban J connectivity index is -0.0000000300. The van der Waals surface area contributed by atoms with Gasteiger partial charge in [-0.2, -0.15) is 0 Å².